The molecule has 4 atom stereocenters. The number of carbonyl (C=O) groups excluding carboxylic acids is 1. The van der Waals surface area contributed by atoms with Crippen LogP contribution in [0.4, 0.5) is 5.82 Å². The Labute approximate surface area is 166 Å². The van der Waals surface area contributed by atoms with Crippen molar-refractivity contribution in [2.75, 3.05) is 26.1 Å². The number of hydrogen-bond donors (Lipinski definition) is 2. The number of fused-ring (bicyclic) bond motifs is 1. The van der Waals surface area contributed by atoms with Crippen molar-refractivity contribution in [3.63, 3.8) is 0 Å². The second-order valence-electron chi connectivity index (χ2n) is 6.51. The molecule has 2 unspecified atom stereocenters. The molecule has 2 aromatic heterocycles. The monoisotopic (exact) mass is 399 g/mol. The number of amides is 1. The van der Waals surface area contributed by atoms with Gasteiger partial charge in [0.1, 0.15) is 24.6 Å². The fourth-order valence-corrected chi connectivity index (χ4v) is 3.51. The highest BCUT2D eigenvalue weighted by Gasteiger charge is 2.46. The van der Waals surface area contributed by atoms with Gasteiger partial charge in [0.2, 0.25) is 0 Å². The first-order chi connectivity index (χ1) is 14.2. The number of nitrogens with one attached hydrogen (secondary N) is 1. The zero-order chi connectivity index (χ0) is 20.4. The molecule has 0 radical (unpaired) electrons. The van der Waals surface area contributed by atoms with Crippen molar-refractivity contribution in [3.05, 3.63) is 48.5 Å². The van der Waals surface area contributed by atoms with Gasteiger partial charge in [0.05, 0.1) is 12.9 Å². The molecule has 0 spiro atoms. The lowest BCUT2D eigenvalue weighted by Gasteiger charge is -2.21. The molecule has 152 valence electrons. The lowest BCUT2D eigenvalue weighted by Crippen LogP contribution is -2.36. The zero-order valence-corrected chi connectivity index (χ0v) is 15.9. The minimum absolute atomic E-state index is 0.213. The summed E-state index contributed by atoms with van der Waals surface area (Å²) in [4.78, 5) is 25.3. The van der Waals surface area contributed by atoms with E-state index in [9.17, 15) is 9.90 Å². The smallest absolute Gasteiger partial charge is 0.256 e. The van der Waals surface area contributed by atoms with Crippen molar-refractivity contribution in [3.8, 4) is 0 Å². The van der Waals surface area contributed by atoms with Crippen LogP contribution in [0.5, 0.6) is 0 Å². The molecule has 1 saturated heterocycles. The SMILES string of the molecule is COC1C(OC)[C@@H](CO)O[C@H]1n1cnc2c(NC(=O)c3ccccc3)ncnc21. The average Bonchev–Trinajstić information content (AvgIpc) is 3.35. The highest BCUT2D eigenvalue weighted by Crippen LogP contribution is 2.35. The Hall–Kier alpha value is -2.92. The molecule has 29 heavy (non-hydrogen) atoms. The first kappa shape index (κ1) is 19.4. The third-order valence-corrected chi connectivity index (χ3v) is 4.91. The number of aromatic nitrogens is 4. The highest BCUT2D eigenvalue weighted by atomic mass is 16.6. The van der Waals surface area contributed by atoms with Crippen LogP contribution in [-0.2, 0) is 14.2 Å². The van der Waals surface area contributed by atoms with Gasteiger partial charge < -0.3 is 24.6 Å². The standard InChI is InChI=1S/C19H21N5O5/c1-27-14-12(8-25)29-19(15(14)28-2)24-10-22-13-16(20-9-21-17(13)24)23-18(26)11-6-4-3-5-7-11/h3-7,9-10,12,14-15,19,25H,8H2,1-2H3,(H,20,21,23,26)/t12-,14?,15?,19-/m1/s1. The summed E-state index contributed by atoms with van der Waals surface area (Å²) in [5.41, 5.74) is 1.38. The summed E-state index contributed by atoms with van der Waals surface area (Å²) >= 11 is 0. The van der Waals surface area contributed by atoms with Crippen molar-refractivity contribution in [1.29, 1.82) is 0 Å². The maximum atomic E-state index is 12.5. The second kappa shape index (κ2) is 8.21. The molecule has 1 fully saturated rings. The molecule has 0 bridgehead atoms. The lowest BCUT2D eigenvalue weighted by atomic mass is 10.1. The van der Waals surface area contributed by atoms with Crippen molar-refractivity contribution in [1.82, 2.24) is 19.5 Å². The third-order valence-electron chi connectivity index (χ3n) is 4.91. The normalized spacial score (nSPS) is 24.1. The highest BCUT2D eigenvalue weighted by molar-refractivity contribution is 6.06. The number of aliphatic hydroxyl groups is 1. The molecule has 10 nitrogen and oxygen atoms in total. The first-order valence-corrected chi connectivity index (χ1v) is 9.03. The molecule has 1 aliphatic heterocycles. The van der Waals surface area contributed by atoms with Gasteiger partial charge in [-0.25, -0.2) is 15.0 Å². The Morgan fingerprint density at radius 3 is 2.62 bits per heavy atom. The van der Waals surface area contributed by atoms with Crippen LogP contribution in [0.25, 0.3) is 11.2 Å². The summed E-state index contributed by atoms with van der Waals surface area (Å²) in [6.45, 7) is -0.213. The molecule has 1 amide bonds. The number of rotatable bonds is 6. The van der Waals surface area contributed by atoms with Gasteiger partial charge in [-0.3, -0.25) is 9.36 Å². The molecule has 4 rings (SSSR count). The Bertz CT molecular complexity index is 995. The minimum Gasteiger partial charge on any atom is -0.394 e. The zero-order valence-electron chi connectivity index (χ0n) is 15.9. The Balaban J connectivity index is 1.66. The maximum absolute atomic E-state index is 12.5. The molecule has 3 heterocycles. The van der Waals surface area contributed by atoms with Crippen LogP contribution < -0.4 is 5.32 Å². The summed E-state index contributed by atoms with van der Waals surface area (Å²) in [5.74, 6) is -0.0107. The van der Waals surface area contributed by atoms with Gasteiger partial charge in [-0.2, -0.15) is 0 Å². The van der Waals surface area contributed by atoms with E-state index in [2.05, 4.69) is 20.3 Å². The predicted octanol–water partition coefficient (Wildman–Crippen LogP) is 0.998. The number of carbonyl (C=O) groups is 1. The van der Waals surface area contributed by atoms with Crippen molar-refractivity contribution >= 4 is 22.9 Å². The predicted molar refractivity (Wildman–Crippen MR) is 102 cm³/mol. The quantitative estimate of drug-likeness (QED) is 0.630. The van der Waals surface area contributed by atoms with Gasteiger partial charge in [-0.15, -0.1) is 0 Å². The molecule has 10 heteroatoms. The summed E-state index contributed by atoms with van der Waals surface area (Å²) in [6.07, 6.45) is 0.792. The molecule has 0 aliphatic carbocycles. The number of methoxy groups -OCH3 is 2. The van der Waals surface area contributed by atoms with E-state index in [0.717, 1.165) is 0 Å². The van der Waals surface area contributed by atoms with Crippen LogP contribution in [0.15, 0.2) is 43.0 Å². The summed E-state index contributed by atoms with van der Waals surface area (Å²) < 4.78 is 18.6. The van der Waals surface area contributed by atoms with E-state index in [1.807, 2.05) is 6.07 Å². The first-order valence-electron chi connectivity index (χ1n) is 9.03. The molecule has 1 aliphatic rings. The van der Waals surface area contributed by atoms with Gasteiger partial charge in [-0.05, 0) is 12.1 Å². The number of hydrogen-bond acceptors (Lipinski definition) is 8. The van der Waals surface area contributed by atoms with Crippen LogP contribution in [0.1, 0.15) is 16.6 Å². The van der Waals surface area contributed by atoms with Gasteiger partial charge in [0.15, 0.2) is 23.2 Å². The fourth-order valence-electron chi connectivity index (χ4n) is 3.51. The van der Waals surface area contributed by atoms with Crippen molar-refractivity contribution < 1.29 is 24.1 Å². The fraction of sp³-hybridized carbons (Fsp3) is 0.368. The van der Waals surface area contributed by atoms with Crippen LogP contribution in [0.3, 0.4) is 0 Å². The van der Waals surface area contributed by atoms with E-state index in [0.29, 0.717) is 16.7 Å². The number of aliphatic hydroxyl groups excluding tert-OH is 1. The Kier molecular flexibility index (Phi) is 5.49. The molecular weight excluding hydrogens is 378 g/mol. The second-order valence-corrected chi connectivity index (χ2v) is 6.51. The molecule has 0 saturated carbocycles. The molecule has 2 N–H and O–H groups in total. The van der Waals surface area contributed by atoms with Crippen molar-refractivity contribution in [2.24, 2.45) is 0 Å². The number of imidazole rings is 1. The van der Waals surface area contributed by atoms with Crippen LogP contribution >= 0.6 is 0 Å². The van der Waals surface area contributed by atoms with E-state index in [1.54, 1.807) is 42.3 Å². The summed E-state index contributed by atoms with van der Waals surface area (Å²) in [7, 11) is 3.09. The molecule has 1 aromatic carbocycles. The molecular formula is C19H21N5O5. The number of ether oxygens (including phenoxy) is 3. The number of anilines is 1. The van der Waals surface area contributed by atoms with Crippen LogP contribution in [0.2, 0.25) is 0 Å². The van der Waals surface area contributed by atoms with Crippen LogP contribution in [-0.4, -0.2) is 69.7 Å². The van der Waals surface area contributed by atoms with E-state index in [4.69, 9.17) is 14.2 Å². The van der Waals surface area contributed by atoms with Gasteiger partial charge in [-0.1, -0.05) is 18.2 Å². The average molecular weight is 399 g/mol. The third kappa shape index (κ3) is 3.47. The van der Waals surface area contributed by atoms with Gasteiger partial charge >= 0.3 is 0 Å². The summed E-state index contributed by atoms with van der Waals surface area (Å²) in [6, 6.07) is 8.82. The summed E-state index contributed by atoms with van der Waals surface area (Å²) in [5, 5.41) is 12.4. The van der Waals surface area contributed by atoms with Gasteiger partial charge in [0.25, 0.3) is 5.91 Å². The topological polar surface area (TPSA) is 121 Å². The lowest BCUT2D eigenvalue weighted by molar-refractivity contribution is -0.0583. The minimum atomic E-state index is -0.611. The number of nitrogens with zero attached hydrogens (tertiary/aromatic N) is 4. The van der Waals surface area contributed by atoms with Crippen LogP contribution in [0, 0.1) is 0 Å². The Morgan fingerprint density at radius 2 is 1.93 bits per heavy atom. The largest absolute Gasteiger partial charge is 0.394 e. The number of benzene rings is 1. The van der Waals surface area contributed by atoms with E-state index in [-0.39, 0.29) is 18.3 Å². The van der Waals surface area contributed by atoms with Crippen molar-refractivity contribution in [2.45, 2.75) is 24.5 Å². The van der Waals surface area contributed by atoms with E-state index < -0.39 is 24.5 Å². The maximum Gasteiger partial charge on any atom is 0.256 e. The molecule has 3 aromatic rings. The van der Waals surface area contributed by atoms with Gasteiger partial charge in [0, 0.05) is 19.8 Å². The van der Waals surface area contributed by atoms with E-state index in [1.165, 1.54) is 13.4 Å². The van der Waals surface area contributed by atoms with E-state index >= 15 is 0 Å². The Morgan fingerprint density at radius 1 is 1.17 bits per heavy atom.